The molecule has 0 aliphatic heterocycles. The molecule has 0 aliphatic carbocycles. The van der Waals surface area contributed by atoms with E-state index in [1.807, 2.05) is 81.4 Å². The van der Waals surface area contributed by atoms with E-state index in [0.717, 1.165) is 11.4 Å². The van der Waals surface area contributed by atoms with Crippen LogP contribution in [0.4, 0.5) is 5.69 Å². The summed E-state index contributed by atoms with van der Waals surface area (Å²) in [5.74, 6) is 1.17. The molecule has 144 valence electrons. The molecule has 3 aromatic rings. The minimum atomic E-state index is 0.329. The Labute approximate surface area is 163 Å². The minimum absolute atomic E-state index is 0.329. The SMILES string of the molecule is C=Cc1ccccc1.CC.COc1ccc(N)cc1.Cc1ccc(O)cc1. The van der Waals surface area contributed by atoms with Gasteiger partial charge in [0.25, 0.3) is 0 Å². The number of phenolic OH excluding ortho intramolecular Hbond substituents is 1. The van der Waals surface area contributed by atoms with Gasteiger partial charge < -0.3 is 15.6 Å². The van der Waals surface area contributed by atoms with E-state index in [2.05, 4.69) is 6.58 Å². The molecule has 0 bridgehead atoms. The topological polar surface area (TPSA) is 55.5 Å². The van der Waals surface area contributed by atoms with Crippen molar-refractivity contribution in [2.45, 2.75) is 20.8 Å². The summed E-state index contributed by atoms with van der Waals surface area (Å²) < 4.78 is 4.91. The van der Waals surface area contributed by atoms with Gasteiger partial charge in [0.05, 0.1) is 7.11 Å². The minimum Gasteiger partial charge on any atom is -0.508 e. The first-order chi connectivity index (χ1) is 13.0. The van der Waals surface area contributed by atoms with Crippen LogP contribution < -0.4 is 10.5 Å². The van der Waals surface area contributed by atoms with Crippen molar-refractivity contribution in [1.82, 2.24) is 0 Å². The van der Waals surface area contributed by atoms with Crippen LogP contribution in [0.15, 0.2) is 85.4 Å². The van der Waals surface area contributed by atoms with Gasteiger partial charge >= 0.3 is 0 Å². The second kappa shape index (κ2) is 15.1. The van der Waals surface area contributed by atoms with Crippen molar-refractivity contribution in [2.75, 3.05) is 12.8 Å². The predicted octanol–water partition coefficient (Wildman–Crippen LogP) is 6.33. The van der Waals surface area contributed by atoms with Crippen molar-refractivity contribution in [1.29, 1.82) is 0 Å². The molecule has 0 saturated heterocycles. The Morgan fingerprint density at radius 3 is 1.74 bits per heavy atom. The van der Waals surface area contributed by atoms with Crippen LogP contribution in [0.3, 0.4) is 0 Å². The fourth-order valence-electron chi connectivity index (χ4n) is 1.74. The molecule has 3 nitrogen and oxygen atoms in total. The number of aromatic hydroxyl groups is 1. The summed E-state index contributed by atoms with van der Waals surface area (Å²) in [6.07, 6.45) is 1.83. The number of nitrogens with two attached hydrogens (primary N) is 1. The summed E-state index contributed by atoms with van der Waals surface area (Å²) >= 11 is 0. The molecule has 3 heteroatoms. The van der Waals surface area contributed by atoms with E-state index >= 15 is 0 Å². The van der Waals surface area contributed by atoms with Crippen LogP contribution in [0.25, 0.3) is 6.08 Å². The molecule has 0 fully saturated rings. The van der Waals surface area contributed by atoms with Crippen molar-refractivity contribution in [3.63, 3.8) is 0 Å². The zero-order valence-electron chi connectivity index (χ0n) is 16.7. The van der Waals surface area contributed by atoms with Crippen molar-refractivity contribution in [3.8, 4) is 11.5 Å². The van der Waals surface area contributed by atoms with E-state index in [-0.39, 0.29) is 0 Å². The van der Waals surface area contributed by atoms with Gasteiger partial charge in [-0.05, 0) is 48.9 Å². The third kappa shape index (κ3) is 11.9. The summed E-state index contributed by atoms with van der Waals surface area (Å²) in [7, 11) is 1.63. The van der Waals surface area contributed by atoms with Crippen molar-refractivity contribution in [2.24, 2.45) is 0 Å². The zero-order valence-corrected chi connectivity index (χ0v) is 16.7. The van der Waals surface area contributed by atoms with Crippen molar-refractivity contribution in [3.05, 3.63) is 96.6 Å². The lowest BCUT2D eigenvalue weighted by Crippen LogP contribution is -1.84. The summed E-state index contributed by atoms with van der Waals surface area (Å²) in [4.78, 5) is 0. The predicted molar refractivity (Wildman–Crippen MR) is 118 cm³/mol. The van der Waals surface area contributed by atoms with Crippen LogP contribution in [0.5, 0.6) is 11.5 Å². The van der Waals surface area contributed by atoms with Crippen LogP contribution in [-0.2, 0) is 0 Å². The zero-order chi connectivity index (χ0) is 20.5. The highest BCUT2D eigenvalue weighted by atomic mass is 16.5. The molecule has 0 aromatic heterocycles. The summed E-state index contributed by atoms with van der Waals surface area (Å²) in [6.45, 7) is 9.62. The van der Waals surface area contributed by atoms with E-state index in [1.165, 1.54) is 11.1 Å². The molecule has 3 N–H and O–H groups in total. The number of methoxy groups -OCH3 is 1. The quantitative estimate of drug-likeness (QED) is 0.521. The van der Waals surface area contributed by atoms with Gasteiger partial charge in [-0.2, -0.15) is 0 Å². The van der Waals surface area contributed by atoms with Crippen molar-refractivity contribution >= 4 is 11.8 Å². The smallest absolute Gasteiger partial charge is 0.119 e. The normalized spacial score (nSPS) is 8.44. The van der Waals surface area contributed by atoms with Crippen LogP contribution in [0, 0.1) is 6.92 Å². The van der Waals surface area contributed by atoms with E-state index < -0.39 is 0 Å². The number of phenols is 1. The standard InChI is InChI=1S/C8H8.C7H9NO.C7H8O.C2H6/c1-2-8-6-4-3-5-7-8;1-9-7-4-2-6(8)3-5-7;1-6-2-4-7(8)5-3-6;1-2/h2-7H,1H2;2-5H,8H2,1H3;2-5,8H,1H3;1-2H3. The summed E-state index contributed by atoms with van der Waals surface area (Å²) in [5, 5.41) is 8.76. The third-order valence-corrected chi connectivity index (χ3v) is 3.19. The first-order valence-corrected chi connectivity index (χ1v) is 8.87. The fraction of sp³-hybridized carbons (Fsp3) is 0.167. The molecule has 3 rings (SSSR count). The molecule has 0 radical (unpaired) electrons. The van der Waals surface area contributed by atoms with Gasteiger partial charge in [0.15, 0.2) is 0 Å². The average Bonchev–Trinajstić information content (AvgIpc) is 2.74. The fourth-order valence-corrected chi connectivity index (χ4v) is 1.74. The van der Waals surface area contributed by atoms with E-state index in [9.17, 15) is 0 Å². The molecule has 0 aliphatic rings. The van der Waals surface area contributed by atoms with Crippen LogP contribution in [0.1, 0.15) is 25.0 Å². The highest BCUT2D eigenvalue weighted by molar-refractivity contribution is 5.45. The molecule has 0 atom stereocenters. The van der Waals surface area contributed by atoms with Gasteiger partial charge in [-0.15, -0.1) is 0 Å². The first kappa shape index (κ1) is 23.8. The Morgan fingerprint density at radius 1 is 0.852 bits per heavy atom. The van der Waals surface area contributed by atoms with Crippen LogP contribution in [0.2, 0.25) is 0 Å². The van der Waals surface area contributed by atoms with Gasteiger partial charge in [-0.3, -0.25) is 0 Å². The van der Waals surface area contributed by atoms with Crippen LogP contribution in [-0.4, -0.2) is 12.2 Å². The molecule has 0 saturated carbocycles. The molecule has 0 unspecified atom stereocenters. The lowest BCUT2D eigenvalue weighted by Gasteiger charge is -1.97. The Balaban J connectivity index is 0.000000359. The third-order valence-electron chi connectivity index (χ3n) is 3.19. The Hall–Kier alpha value is -3.20. The second-order valence-electron chi connectivity index (χ2n) is 5.22. The molecular weight excluding hydrogens is 334 g/mol. The second-order valence-corrected chi connectivity index (χ2v) is 5.22. The number of rotatable bonds is 2. The van der Waals surface area contributed by atoms with Crippen molar-refractivity contribution < 1.29 is 9.84 Å². The number of hydrogen-bond acceptors (Lipinski definition) is 3. The molecule has 0 heterocycles. The van der Waals surface area contributed by atoms with Gasteiger partial charge in [0.2, 0.25) is 0 Å². The largest absolute Gasteiger partial charge is 0.508 e. The lowest BCUT2D eigenvalue weighted by atomic mass is 10.2. The first-order valence-electron chi connectivity index (χ1n) is 8.87. The molecule has 27 heavy (non-hydrogen) atoms. The highest BCUT2D eigenvalue weighted by Gasteiger charge is 1.86. The number of anilines is 1. The highest BCUT2D eigenvalue weighted by Crippen LogP contribution is 2.11. The number of hydrogen-bond donors (Lipinski definition) is 2. The molecule has 0 spiro atoms. The lowest BCUT2D eigenvalue weighted by molar-refractivity contribution is 0.415. The van der Waals surface area contributed by atoms with Crippen LogP contribution >= 0.6 is 0 Å². The van der Waals surface area contributed by atoms with Gasteiger partial charge in [-0.25, -0.2) is 0 Å². The van der Waals surface area contributed by atoms with Gasteiger partial charge in [-0.1, -0.05) is 74.5 Å². The summed E-state index contributed by atoms with van der Waals surface area (Å²) in [5.41, 5.74) is 8.53. The Bertz CT molecular complexity index is 700. The van der Waals surface area contributed by atoms with Gasteiger partial charge in [0.1, 0.15) is 11.5 Å². The molecule has 0 amide bonds. The van der Waals surface area contributed by atoms with E-state index in [0.29, 0.717) is 5.75 Å². The molecular formula is C24H31NO2. The number of aryl methyl sites for hydroxylation is 1. The number of benzene rings is 3. The maximum atomic E-state index is 8.76. The number of nitrogen functional groups attached to an aromatic ring is 1. The number of ether oxygens (including phenoxy) is 1. The van der Waals surface area contributed by atoms with Gasteiger partial charge in [0, 0.05) is 5.69 Å². The average molecular weight is 366 g/mol. The monoisotopic (exact) mass is 365 g/mol. The summed E-state index contributed by atoms with van der Waals surface area (Å²) in [6, 6.07) is 24.4. The van der Waals surface area contributed by atoms with E-state index in [1.54, 1.807) is 31.4 Å². The maximum absolute atomic E-state index is 8.76. The maximum Gasteiger partial charge on any atom is 0.119 e. The van der Waals surface area contributed by atoms with E-state index in [4.69, 9.17) is 15.6 Å². The molecule has 3 aromatic carbocycles. The Morgan fingerprint density at radius 2 is 1.37 bits per heavy atom. The Kier molecular flexibility index (Phi) is 13.3.